The van der Waals surface area contributed by atoms with Crippen LogP contribution in [0, 0.1) is 0 Å². The summed E-state index contributed by atoms with van der Waals surface area (Å²) in [6, 6.07) is 13.3. The molecule has 3 N–H and O–H groups in total. The zero-order valence-corrected chi connectivity index (χ0v) is 21.2. The zero-order chi connectivity index (χ0) is 23.6. The van der Waals surface area contributed by atoms with Gasteiger partial charge in [0.25, 0.3) is 0 Å². The highest BCUT2D eigenvalue weighted by Crippen LogP contribution is 2.37. The second-order valence-electron chi connectivity index (χ2n) is 8.39. The molecule has 0 aliphatic heterocycles. The number of hydrogen-bond donors (Lipinski definition) is 3. The van der Waals surface area contributed by atoms with E-state index in [1.165, 1.54) is 22.7 Å². The van der Waals surface area contributed by atoms with Gasteiger partial charge in [-0.1, -0.05) is 6.07 Å². The Bertz CT molecular complexity index is 1340. The van der Waals surface area contributed by atoms with Crippen molar-refractivity contribution in [2.45, 2.75) is 31.2 Å². The molecular formula is C23H25N5O2S3. The van der Waals surface area contributed by atoms with Gasteiger partial charge in [-0.25, -0.2) is 23.1 Å². The van der Waals surface area contributed by atoms with E-state index < -0.39 is 15.6 Å². The molecule has 33 heavy (non-hydrogen) atoms. The largest absolute Gasteiger partial charge is 0.388 e. The summed E-state index contributed by atoms with van der Waals surface area (Å²) in [6.45, 7) is 5.46. The van der Waals surface area contributed by atoms with E-state index in [-0.39, 0.29) is 4.90 Å². The maximum absolute atomic E-state index is 13.4. The number of hydrogen-bond acceptors (Lipinski definition) is 8. The molecule has 7 nitrogen and oxygen atoms in total. The highest BCUT2D eigenvalue weighted by Gasteiger charge is 2.26. The molecule has 0 atom stereocenters. The zero-order valence-electron chi connectivity index (χ0n) is 18.7. The van der Waals surface area contributed by atoms with E-state index in [1.54, 1.807) is 18.5 Å². The topological polar surface area (TPSA) is 96.0 Å². The fourth-order valence-corrected chi connectivity index (χ4v) is 6.44. The highest BCUT2D eigenvalue weighted by atomic mass is 32.2. The molecule has 0 fully saturated rings. The minimum absolute atomic E-state index is 0.194. The van der Waals surface area contributed by atoms with E-state index in [1.807, 2.05) is 69.6 Å². The first-order valence-corrected chi connectivity index (χ1v) is 13.4. The number of rotatable bonds is 7. The third-order valence-corrected chi connectivity index (χ3v) is 8.15. The Hall–Kier alpha value is -2.79. The lowest BCUT2D eigenvalue weighted by atomic mass is 10.1. The molecule has 0 bridgehead atoms. The Morgan fingerprint density at radius 1 is 0.970 bits per heavy atom. The van der Waals surface area contributed by atoms with Crippen molar-refractivity contribution in [3.63, 3.8) is 0 Å². The fraction of sp³-hybridized carbons (Fsp3) is 0.217. The van der Waals surface area contributed by atoms with Crippen LogP contribution in [0.5, 0.6) is 0 Å². The average Bonchev–Trinajstić information content (AvgIpc) is 3.44. The third kappa shape index (κ3) is 5.59. The molecule has 4 aromatic rings. The van der Waals surface area contributed by atoms with Gasteiger partial charge in [0.15, 0.2) is 5.13 Å². The van der Waals surface area contributed by atoms with Crippen LogP contribution in [-0.2, 0) is 10.0 Å². The molecule has 0 aliphatic rings. The molecule has 2 aromatic carbocycles. The Labute approximate surface area is 202 Å². The molecule has 0 saturated carbocycles. The van der Waals surface area contributed by atoms with Gasteiger partial charge in [-0.3, -0.25) is 0 Å². The minimum Gasteiger partial charge on any atom is -0.388 e. The van der Waals surface area contributed by atoms with Gasteiger partial charge in [0, 0.05) is 52.9 Å². The van der Waals surface area contributed by atoms with Gasteiger partial charge < -0.3 is 10.6 Å². The van der Waals surface area contributed by atoms with Crippen molar-refractivity contribution in [3.8, 4) is 21.0 Å². The van der Waals surface area contributed by atoms with Crippen molar-refractivity contribution in [1.82, 2.24) is 14.7 Å². The quantitative estimate of drug-likeness (QED) is 0.298. The minimum atomic E-state index is -3.80. The Morgan fingerprint density at radius 3 is 2.33 bits per heavy atom. The summed E-state index contributed by atoms with van der Waals surface area (Å²) >= 11 is 2.90. The van der Waals surface area contributed by atoms with Crippen molar-refractivity contribution in [2.75, 3.05) is 17.7 Å². The number of nitrogens with zero attached hydrogens (tertiary/aromatic N) is 2. The van der Waals surface area contributed by atoms with Crippen LogP contribution in [0.25, 0.3) is 21.0 Å². The third-order valence-electron chi connectivity index (χ3n) is 4.59. The van der Waals surface area contributed by atoms with Gasteiger partial charge in [-0.15, -0.1) is 22.7 Å². The van der Waals surface area contributed by atoms with Gasteiger partial charge in [0.1, 0.15) is 5.01 Å². The van der Waals surface area contributed by atoms with Crippen LogP contribution in [0.3, 0.4) is 0 Å². The van der Waals surface area contributed by atoms with Gasteiger partial charge in [0.05, 0.1) is 9.77 Å². The van der Waals surface area contributed by atoms with E-state index in [2.05, 4.69) is 25.3 Å². The number of sulfonamides is 1. The molecule has 2 aromatic heterocycles. The Kier molecular flexibility index (Phi) is 6.53. The lowest BCUT2D eigenvalue weighted by Crippen LogP contribution is -2.40. The molecule has 0 amide bonds. The summed E-state index contributed by atoms with van der Waals surface area (Å²) in [5.41, 5.74) is 2.62. The summed E-state index contributed by atoms with van der Waals surface area (Å²) in [6.07, 6.45) is 3.42. The van der Waals surface area contributed by atoms with Crippen LogP contribution in [0.4, 0.5) is 16.5 Å². The number of nitrogens with one attached hydrogen (secondary N) is 3. The van der Waals surface area contributed by atoms with Crippen molar-refractivity contribution in [1.29, 1.82) is 0 Å². The van der Waals surface area contributed by atoms with Crippen LogP contribution in [0.2, 0.25) is 0 Å². The number of thiazole rings is 2. The predicted octanol–water partition coefficient (Wildman–Crippen LogP) is 5.80. The van der Waals surface area contributed by atoms with E-state index in [0.29, 0.717) is 16.4 Å². The Morgan fingerprint density at radius 2 is 1.70 bits per heavy atom. The van der Waals surface area contributed by atoms with Crippen LogP contribution < -0.4 is 15.4 Å². The maximum atomic E-state index is 13.4. The lowest BCUT2D eigenvalue weighted by Gasteiger charge is -2.22. The molecule has 4 rings (SSSR count). The number of benzene rings is 2. The molecule has 172 valence electrons. The molecule has 0 radical (unpaired) electrons. The molecule has 0 spiro atoms. The normalized spacial score (nSPS) is 12.0. The number of aromatic nitrogens is 2. The summed E-state index contributed by atoms with van der Waals surface area (Å²) < 4.78 is 29.5. The maximum Gasteiger partial charge on any atom is 0.241 e. The summed E-state index contributed by atoms with van der Waals surface area (Å²) in [5, 5.41) is 9.65. The molecule has 10 heteroatoms. The van der Waals surface area contributed by atoms with Gasteiger partial charge in [-0.2, -0.15) is 0 Å². The predicted molar refractivity (Wildman–Crippen MR) is 138 cm³/mol. The monoisotopic (exact) mass is 499 g/mol. The molecule has 0 aliphatic carbocycles. The fourth-order valence-electron chi connectivity index (χ4n) is 3.20. The first kappa shape index (κ1) is 23.4. The van der Waals surface area contributed by atoms with E-state index in [0.717, 1.165) is 21.1 Å². The van der Waals surface area contributed by atoms with Crippen molar-refractivity contribution >= 4 is 49.2 Å². The molecule has 2 heterocycles. The molecular weight excluding hydrogens is 474 g/mol. The SMILES string of the molecule is CNc1ccc(-c2ncc(-c3ccc(Nc4nccs4)cc3S(=O)(=O)NC(C)(C)C)s2)cc1. The van der Waals surface area contributed by atoms with Gasteiger partial charge in [0.2, 0.25) is 10.0 Å². The van der Waals surface area contributed by atoms with Crippen molar-refractivity contribution in [2.24, 2.45) is 0 Å². The molecule has 0 saturated heterocycles. The van der Waals surface area contributed by atoms with Crippen LogP contribution in [0.15, 0.2) is 65.1 Å². The Balaban J connectivity index is 1.76. The van der Waals surface area contributed by atoms with Crippen LogP contribution >= 0.6 is 22.7 Å². The summed E-state index contributed by atoms with van der Waals surface area (Å²) in [5.74, 6) is 0. The van der Waals surface area contributed by atoms with Crippen molar-refractivity contribution < 1.29 is 8.42 Å². The van der Waals surface area contributed by atoms with E-state index >= 15 is 0 Å². The lowest BCUT2D eigenvalue weighted by molar-refractivity contribution is 0.491. The van der Waals surface area contributed by atoms with Gasteiger partial charge in [-0.05, 0) is 57.2 Å². The summed E-state index contributed by atoms with van der Waals surface area (Å²) in [4.78, 5) is 9.75. The second kappa shape index (κ2) is 9.22. The van der Waals surface area contributed by atoms with Crippen molar-refractivity contribution in [3.05, 3.63) is 60.2 Å². The summed E-state index contributed by atoms with van der Waals surface area (Å²) in [7, 11) is -1.93. The smallest absolute Gasteiger partial charge is 0.241 e. The first-order chi connectivity index (χ1) is 15.6. The van der Waals surface area contributed by atoms with Crippen LogP contribution in [0.1, 0.15) is 20.8 Å². The average molecular weight is 500 g/mol. The second-order valence-corrected chi connectivity index (χ2v) is 12.0. The van der Waals surface area contributed by atoms with Crippen LogP contribution in [-0.4, -0.2) is 31.0 Å². The van der Waals surface area contributed by atoms with E-state index in [4.69, 9.17) is 0 Å². The number of anilines is 3. The first-order valence-electron chi connectivity index (χ1n) is 10.2. The molecule has 0 unspecified atom stereocenters. The van der Waals surface area contributed by atoms with E-state index in [9.17, 15) is 8.42 Å². The standard InChI is InChI=1S/C23H25N5O2S3/c1-23(2,3)28-33(29,30)20-13-17(27-22-25-11-12-31-22)9-10-18(20)19-14-26-21(32-19)15-5-7-16(24-4)8-6-15/h5-14,24,28H,1-4H3,(H,25,27). The van der Waals surface area contributed by atoms with Gasteiger partial charge >= 0.3 is 0 Å². The highest BCUT2D eigenvalue weighted by molar-refractivity contribution is 7.89.